The maximum absolute atomic E-state index is 13.0. The zero-order valence-corrected chi connectivity index (χ0v) is 15.3. The van der Waals surface area contributed by atoms with Crippen LogP contribution in [0.2, 0.25) is 0 Å². The SMILES string of the molecule is CCc1ccc(C(C)(C)C(=O)NCC(C(=O)O)c2ccc(F)cc2)cc1. The van der Waals surface area contributed by atoms with Gasteiger partial charge in [-0.3, -0.25) is 9.59 Å². The van der Waals surface area contributed by atoms with Crippen LogP contribution in [0.4, 0.5) is 4.39 Å². The first kappa shape index (κ1) is 19.6. The van der Waals surface area contributed by atoms with Crippen molar-refractivity contribution in [2.45, 2.75) is 38.5 Å². The molecule has 0 radical (unpaired) electrons. The molecule has 138 valence electrons. The van der Waals surface area contributed by atoms with Gasteiger partial charge in [0.05, 0.1) is 11.3 Å². The fraction of sp³-hybridized carbons (Fsp3) is 0.333. The minimum absolute atomic E-state index is 0.0593. The topological polar surface area (TPSA) is 66.4 Å². The molecule has 4 nitrogen and oxygen atoms in total. The van der Waals surface area contributed by atoms with Crippen LogP contribution in [0.25, 0.3) is 0 Å². The van der Waals surface area contributed by atoms with E-state index in [0.29, 0.717) is 5.56 Å². The molecule has 0 saturated heterocycles. The lowest BCUT2D eigenvalue weighted by atomic mass is 9.83. The van der Waals surface area contributed by atoms with Crippen LogP contribution < -0.4 is 5.32 Å². The third kappa shape index (κ3) is 4.48. The molecule has 1 unspecified atom stereocenters. The summed E-state index contributed by atoms with van der Waals surface area (Å²) in [4.78, 5) is 24.2. The molecule has 0 heterocycles. The Morgan fingerprint density at radius 3 is 2.15 bits per heavy atom. The molecule has 0 aromatic heterocycles. The number of hydrogen-bond donors (Lipinski definition) is 2. The van der Waals surface area contributed by atoms with Crippen LogP contribution in [0.3, 0.4) is 0 Å². The molecule has 2 aromatic carbocycles. The molecular weight excluding hydrogens is 333 g/mol. The van der Waals surface area contributed by atoms with Gasteiger partial charge in [0.1, 0.15) is 5.82 Å². The molecule has 0 aliphatic carbocycles. The monoisotopic (exact) mass is 357 g/mol. The summed E-state index contributed by atoms with van der Waals surface area (Å²) in [5.74, 6) is -2.69. The van der Waals surface area contributed by atoms with E-state index >= 15 is 0 Å². The van der Waals surface area contributed by atoms with Crippen molar-refractivity contribution in [1.82, 2.24) is 5.32 Å². The fourth-order valence-corrected chi connectivity index (χ4v) is 2.75. The molecule has 2 N–H and O–H groups in total. The Labute approximate surface area is 153 Å². The Bertz CT molecular complexity index is 767. The van der Waals surface area contributed by atoms with E-state index in [1.54, 1.807) is 13.8 Å². The molecule has 2 aromatic rings. The number of hydrogen-bond acceptors (Lipinski definition) is 2. The largest absolute Gasteiger partial charge is 0.481 e. The second kappa shape index (κ2) is 8.13. The van der Waals surface area contributed by atoms with E-state index in [4.69, 9.17) is 0 Å². The lowest BCUT2D eigenvalue weighted by Gasteiger charge is -2.25. The number of carbonyl (C=O) groups is 2. The van der Waals surface area contributed by atoms with Crippen LogP contribution in [0, 0.1) is 5.82 Å². The summed E-state index contributed by atoms with van der Waals surface area (Å²) < 4.78 is 13.0. The van der Waals surface area contributed by atoms with E-state index in [9.17, 15) is 19.1 Å². The van der Waals surface area contributed by atoms with Gasteiger partial charge in [-0.1, -0.05) is 43.3 Å². The highest BCUT2D eigenvalue weighted by atomic mass is 19.1. The molecule has 0 bridgehead atoms. The summed E-state index contributed by atoms with van der Waals surface area (Å²) in [6.07, 6.45) is 0.921. The zero-order chi connectivity index (χ0) is 19.3. The van der Waals surface area contributed by atoms with Crippen molar-refractivity contribution in [2.75, 3.05) is 6.54 Å². The fourth-order valence-electron chi connectivity index (χ4n) is 2.75. The smallest absolute Gasteiger partial charge is 0.312 e. The quantitative estimate of drug-likeness (QED) is 0.795. The van der Waals surface area contributed by atoms with E-state index in [0.717, 1.165) is 12.0 Å². The molecule has 5 heteroatoms. The molecule has 26 heavy (non-hydrogen) atoms. The summed E-state index contributed by atoms with van der Waals surface area (Å²) in [7, 11) is 0. The number of aryl methyl sites for hydroxylation is 1. The summed E-state index contributed by atoms with van der Waals surface area (Å²) >= 11 is 0. The molecule has 0 aliphatic heterocycles. The van der Waals surface area contributed by atoms with E-state index in [2.05, 4.69) is 12.2 Å². The van der Waals surface area contributed by atoms with Gasteiger partial charge < -0.3 is 10.4 Å². The number of carboxylic acid groups (broad SMARTS) is 1. The van der Waals surface area contributed by atoms with Crippen molar-refractivity contribution in [2.24, 2.45) is 0 Å². The standard InChI is InChI=1S/C21H24FNO3/c1-4-14-5-9-16(10-6-14)21(2,3)20(26)23-13-18(19(24)25)15-7-11-17(22)12-8-15/h5-12,18H,4,13H2,1-3H3,(H,23,26)(H,24,25). The van der Waals surface area contributed by atoms with Crippen LogP contribution in [0.15, 0.2) is 48.5 Å². The number of aliphatic carboxylic acids is 1. The van der Waals surface area contributed by atoms with E-state index < -0.39 is 23.1 Å². The predicted octanol–water partition coefficient (Wildman–Crippen LogP) is 3.65. The Kier molecular flexibility index (Phi) is 6.14. The summed E-state index contributed by atoms with van der Waals surface area (Å²) in [5, 5.41) is 12.2. The van der Waals surface area contributed by atoms with Gasteiger partial charge in [-0.05, 0) is 49.1 Å². The van der Waals surface area contributed by atoms with Crippen LogP contribution >= 0.6 is 0 Å². The highest BCUT2D eigenvalue weighted by Crippen LogP contribution is 2.24. The van der Waals surface area contributed by atoms with Gasteiger partial charge in [0, 0.05) is 6.54 Å². The molecule has 0 aliphatic rings. The van der Waals surface area contributed by atoms with Gasteiger partial charge in [0.2, 0.25) is 5.91 Å². The van der Waals surface area contributed by atoms with Gasteiger partial charge in [0.25, 0.3) is 0 Å². The summed E-state index contributed by atoms with van der Waals surface area (Å²) in [6, 6.07) is 13.1. The normalized spacial score (nSPS) is 12.5. The molecule has 0 saturated carbocycles. The highest BCUT2D eigenvalue weighted by Gasteiger charge is 2.31. The van der Waals surface area contributed by atoms with Crippen LogP contribution in [0.5, 0.6) is 0 Å². The summed E-state index contributed by atoms with van der Waals surface area (Å²) in [5.41, 5.74) is 1.70. The first-order chi connectivity index (χ1) is 12.3. The lowest BCUT2D eigenvalue weighted by Crippen LogP contribution is -2.42. The van der Waals surface area contributed by atoms with Gasteiger partial charge in [-0.15, -0.1) is 0 Å². The van der Waals surface area contributed by atoms with Gasteiger partial charge in [-0.2, -0.15) is 0 Å². The van der Waals surface area contributed by atoms with Gasteiger partial charge >= 0.3 is 5.97 Å². The van der Waals surface area contributed by atoms with Gasteiger partial charge in [-0.25, -0.2) is 4.39 Å². The Morgan fingerprint density at radius 2 is 1.65 bits per heavy atom. The van der Waals surface area contributed by atoms with Gasteiger partial charge in [0.15, 0.2) is 0 Å². The molecule has 2 rings (SSSR count). The third-order valence-corrected chi connectivity index (χ3v) is 4.69. The minimum Gasteiger partial charge on any atom is -0.481 e. The molecule has 0 fully saturated rings. The molecule has 0 spiro atoms. The first-order valence-corrected chi connectivity index (χ1v) is 8.61. The van der Waals surface area contributed by atoms with Crippen molar-refractivity contribution in [3.8, 4) is 0 Å². The highest BCUT2D eigenvalue weighted by molar-refractivity contribution is 5.88. The number of rotatable bonds is 7. The number of carboxylic acids is 1. The van der Waals surface area contributed by atoms with Crippen molar-refractivity contribution in [3.63, 3.8) is 0 Å². The minimum atomic E-state index is -1.07. The Hall–Kier alpha value is -2.69. The average molecular weight is 357 g/mol. The van der Waals surface area contributed by atoms with Crippen LogP contribution in [0.1, 0.15) is 43.4 Å². The Balaban J connectivity index is 2.10. The van der Waals surface area contributed by atoms with Crippen LogP contribution in [-0.4, -0.2) is 23.5 Å². The predicted molar refractivity (Wildman–Crippen MR) is 98.6 cm³/mol. The van der Waals surface area contributed by atoms with E-state index in [1.165, 1.54) is 29.8 Å². The first-order valence-electron chi connectivity index (χ1n) is 8.61. The maximum atomic E-state index is 13.0. The average Bonchev–Trinajstić information content (AvgIpc) is 2.62. The van der Waals surface area contributed by atoms with Crippen molar-refractivity contribution >= 4 is 11.9 Å². The number of benzene rings is 2. The lowest BCUT2D eigenvalue weighted by molar-refractivity contribution is -0.138. The van der Waals surface area contributed by atoms with Crippen molar-refractivity contribution in [1.29, 1.82) is 0 Å². The second-order valence-corrected chi connectivity index (χ2v) is 6.83. The molecule has 1 amide bonds. The molecule has 1 atom stereocenters. The number of nitrogens with one attached hydrogen (secondary N) is 1. The van der Waals surface area contributed by atoms with E-state index in [-0.39, 0.29) is 12.5 Å². The van der Waals surface area contributed by atoms with Crippen molar-refractivity contribution in [3.05, 3.63) is 71.0 Å². The summed E-state index contributed by atoms with van der Waals surface area (Å²) in [6.45, 7) is 5.61. The maximum Gasteiger partial charge on any atom is 0.312 e. The number of carbonyl (C=O) groups excluding carboxylic acids is 1. The molecular formula is C21H24FNO3. The third-order valence-electron chi connectivity index (χ3n) is 4.69. The second-order valence-electron chi connectivity index (χ2n) is 6.83. The Morgan fingerprint density at radius 1 is 1.08 bits per heavy atom. The zero-order valence-electron chi connectivity index (χ0n) is 15.3. The van der Waals surface area contributed by atoms with Crippen LogP contribution in [-0.2, 0) is 21.4 Å². The van der Waals surface area contributed by atoms with Crippen molar-refractivity contribution < 1.29 is 19.1 Å². The van der Waals surface area contributed by atoms with E-state index in [1.807, 2.05) is 24.3 Å². The number of amides is 1. The number of halogens is 1.